The van der Waals surface area contributed by atoms with Crippen LogP contribution in [0.3, 0.4) is 0 Å². The predicted octanol–water partition coefficient (Wildman–Crippen LogP) is 4.08. The molecular formula is C22H20N2O3S. The molecule has 2 aliphatic heterocycles. The summed E-state index contributed by atoms with van der Waals surface area (Å²) >= 11 is 1.42. The van der Waals surface area contributed by atoms with E-state index in [2.05, 4.69) is 4.99 Å². The van der Waals surface area contributed by atoms with Gasteiger partial charge in [-0.05, 0) is 25.0 Å². The molecule has 2 heterocycles. The lowest BCUT2D eigenvalue weighted by Gasteiger charge is -2.33. The Bertz CT molecular complexity index is 970. The first-order valence-corrected chi connectivity index (χ1v) is 9.99. The second-order valence-electron chi connectivity index (χ2n) is 6.74. The van der Waals surface area contributed by atoms with Crippen molar-refractivity contribution in [3.63, 3.8) is 0 Å². The van der Waals surface area contributed by atoms with Crippen LogP contribution in [-0.2, 0) is 20.9 Å². The number of esters is 1. The van der Waals surface area contributed by atoms with Crippen LogP contribution in [0.5, 0.6) is 0 Å². The standard InChI is InChI=1S/C22H20N2O3S/c1-14-18(21(26)27-13-16-9-5-3-6-10-16)19(17-11-7-4-8-12-17)24-20(25)15(2)28-22(24)23-14/h3-12,15,19H,13H2,1-2H3/t15-,19-/m0/s1. The Morgan fingerprint density at radius 1 is 1.11 bits per heavy atom. The first-order valence-electron chi connectivity index (χ1n) is 9.11. The molecule has 0 N–H and O–H groups in total. The summed E-state index contributed by atoms with van der Waals surface area (Å²) in [6.45, 7) is 3.83. The van der Waals surface area contributed by atoms with E-state index in [0.29, 0.717) is 16.4 Å². The number of ether oxygens (including phenoxy) is 1. The maximum absolute atomic E-state index is 13.0. The second kappa shape index (κ2) is 7.64. The zero-order valence-electron chi connectivity index (χ0n) is 15.7. The molecule has 2 aliphatic rings. The van der Waals surface area contributed by atoms with E-state index in [9.17, 15) is 9.59 Å². The van der Waals surface area contributed by atoms with Crippen LogP contribution in [0, 0.1) is 0 Å². The molecule has 0 aliphatic carbocycles. The largest absolute Gasteiger partial charge is 0.457 e. The maximum atomic E-state index is 13.0. The normalized spacial score (nSPS) is 21.4. The summed E-state index contributed by atoms with van der Waals surface area (Å²) < 4.78 is 5.59. The summed E-state index contributed by atoms with van der Waals surface area (Å²) in [5.74, 6) is -0.492. The minimum Gasteiger partial charge on any atom is -0.457 e. The van der Waals surface area contributed by atoms with E-state index in [-0.39, 0.29) is 17.8 Å². The summed E-state index contributed by atoms with van der Waals surface area (Å²) in [5, 5.41) is 0.418. The Morgan fingerprint density at radius 2 is 1.75 bits per heavy atom. The van der Waals surface area contributed by atoms with Crippen molar-refractivity contribution in [1.82, 2.24) is 4.90 Å². The molecule has 0 aromatic heterocycles. The van der Waals surface area contributed by atoms with E-state index >= 15 is 0 Å². The minimum atomic E-state index is -0.526. The van der Waals surface area contributed by atoms with Gasteiger partial charge in [-0.1, -0.05) is 72.4 Å². The highest BCUT2D eigenvalue weighted by atomic mass is 32.2. The molecule has 2 aromatic rings. The van der Waals surface area contributed by atoms with E-state index in [1.54, 1.807) is 11.8 Å². The summed E-state index contributed by atoms with van der Waals surface area (Å²) in [6.07, 6.45) is 0. The third-order valence-electron chi connectivity index (χ3n) is 4.81. The van der Waals surface area contributed by atoms with Gasteiger partial charge in [0.25, 0.3) is 0 Å². The topological polar surface area (TPSA) is 59.0 Å². The number of carbonyl (C=O) groups is 2. The van der Waals surface area contributed by atoms with Gasteiger partial charge in [-0.25, -0.2) is 9.79 Å². The van der Waals surface area contributed by atoms with Crippen molar-refractivity contribution >= 4 is 28.8 Å². The Balaban J connectivity index is 1.70. The van der Waals surface area contributed by atoms with Gasteiger partial charge in [-0.2, -0.15) is 0 Å². The van der Waals surface area contributed by atoms with E-state index in [4.69, 9.17) is 4.74 Å². The number of benzene rings is 2. The van der Waals surface area contributed by atoms with Crippen molar-refractivity contribution in [2.45, 2.75) is 31.7 Å². The molecule has 2 atom stereocenters. The Labute approximate surface area is 168 Å². The number of amidine groups is 1. The molecule has 0 saturated carbocycles. The lowest BCUT2D eigenvalue weighted by molar-refractivity contribution is -0.141. The molecule has 6 heteroatoms. The molecule has 2 aromatic carbocycles. The van der Waals surface area contributed by atoms with Gasteiger partial charge in [0.15, 0.2) is 5.17 Å². The van der Waals surface area contributed by atoms with E-state index in [1.807, 2.05) is 67.6 Å². The fourth-order valence-electron chi connectivity index (χ4n) is 3.42. The first-order chi connectivity index (χ1) is 13.6. The average molecular weight is 392 g/mol. The van der Waals surface area contributed by atoms with E-state index in [1.165, 1.54) is 11.8 Å². The smallest absolute Gasteiger partial charge is 0.338 e. The first kappa shape index (κ1) is 18.5. The molecule has 0 radical (unpaired) electrons. The maximum Gasteiger partial charge on any atom is 0.338 e. The van der Waals surface area contributed by atoms with Gasteiger partial charge in [-0.15, -0.1) is 0 Å². The second-order valence-corrected chi connectivity index (χ2v) is 8.04. The number of hydrogen-bond acceptors (Lipinski definition) is 5. The van der Waals surface area contributed by atoms with E-state index < -0.39 is 12.0 Å². The van der Waals surface area contributed by atoms with Crippen LogP contribution >= 0.6 is 11.8 Å². The number of hydrogen-bond donors (Lipinski definition) is 0. The van der Waals surface area contributed by atoms with Crippen LogP contribution in [0.4, 0.5) is 0 Å². The van der Waals surface area contributed by atoms with Crippen LogP contribution < -0.4 is 0 Å². The third kappa shape index (κ3) is 3.36. The van der Waals surface area contributed by atoms with Crippen LogP contribution in [-0.4, -0.2) is 27.2 Å². The van der Waals surface area contributed by atoms with Crippen molar-refractivity contribution in [1.29, 1.82) is 0 Å². The number of nitrogens with zero attached hydrogens (tertiary/aromatic N) is 2. The Morgan fingerprint density at radius 3 is 2.43 bits per heavy atom. The number of amides is 1. The van der Waals surface area contributed by atoms with E-state index in [0.717, 1.165) is 11.1 Å². The molecule has 0 spiro atoms. The van der Waals surface area contributed by atoms with Gasteiger partial charge in [0.05, 0.1) is 22.6 Å². The number of allylic oxidation sites excluding steroid dienone is 1. The SMILES string of the molecule is CC1=C(C(=O)OCc2ccccc2)[C@H](c2ccccc2)N2C(=O)[C@H](C)SC2=N1. The van der Waals surface area contributed by atoms with Crippen molar-refractivity contribution in [3.05, 3.63) is 83.1 Å². The molecule has 1 saturated heterocycles. The van der Waals surface area contributed by atoms with Gasteiger partial charge in [0.2, 0.25) is 5.91 Å². The van der Waals surface area contributed by atoms with Gasteiger partial charge < -0.3 is 4.74 Å². The number of carbonyl (C=O) groups excluding carboxylic acids is 2. The third-order valence-corrected chi connectivity index (χ3v) is 5.86. The lowest BCUT2D eigenvalue weighted by atomic mass is 9.94. The summed E-state index contributed by atoms with van der Waals surface area (Å²) in [7, 11) is 0. The number of rotatable bonds is 4. The van der Waals surface area contributed by atoms with Crippen molar-refractivity contribution in [2.75, 3.05) is 0 Å². The van der Waals surface area contributed by atoms with Crippen LogP contribution in [0.1, 0.15) is 31.0 Å². The highest BCUT2D eigenvalue weighted by Crippen LogP contribution is 2.43. The highest BCUT2D eigenvalue weighted by molar-refractivity contribution is 8.15. The molecule has 1 amide bonds. The number of fused-ring (bicyclic) bond motifs is 1. The monoisotopic (exact) mass is 392 g/mol. The molecule has 0 bridgehead atoms. The van der Waals surface area contributed by atoms with Crippen LogP contribution in [0.25, 0.3) is 0 Å². The van der Waals surface area contributed by atoms with Crippen molar-refractivity contribution < 1.29 is 14.3 Å². The molecule has 4 rings (SSSR count). The van der Waals surface area contributed by atoms with Crippen LogP contribution in [0.2, 0.25) is 0 Å². The summed E-state index contributed by atoms with van der Waals surface area (Å²) in [4.78, 5) is 32.1. The van der Waals surface area contributed by atoms with Crippen molar-refractivity contribution in [3.8, 4) is 0 Å². The fourth-order valence-corrected chi connectivity index (χ4v) is 4.44. The minimum absolute atomic E-state index is 0.0431. The van der Waals surface area contributed by atoms with Gasteiger partial charge in [0, 0.05) is 0 Å². The molecule has 5 nitrogen and oxygen atoms in total. The molecule has 28 heavy (non-hydrogen) atoms. The summed E-state index contributed by atoms with van der Waals surface area (Å²) in [6, 6.07) is 18.6. The van der Waals surface area contributed by atoms with Gasteiger partial charge in [-0.3, -0.25) is 9.69 Å². The number of aliphatic imine (C=N–C) groups is 1. The molecule has 0 unspecified atom stereocenters. The Hall–Kier alpha value is -2.86. The van der Waals surface area contributed by atoms with Crippen LogP contribution in [0.15, 0.2) is 76.9 Å². The number of thioether (sulfide) groups is 1. The summed E-state index contributed by atoms with van der Waals surface area (Å²) in [5.41, 5.74) is 2.78. The molecule has 142 valence electrons. The molecular weight excluding hydrogens is 372 g/mol. The molecule has 1 fully saturated rings. The van der Waals surface area contributed by atoms with Gasteiger partial charge >= 0.3 is 5.97 Å². The lowest BCUT2D eigenvalue weighted by Crippen LogP contribution is -2.40. The van der Waals surface area contributed by atoms with Crippen molar-refractivity contribution in [2.24, 2.45) is 4.99 Å². The quantitative estimate of drug-likeness (QED) is 0.736. The zero-order valence-corrected chi connectivity index (χ0v) is 16.5. The fraction of sp³-hybridized carbons (Fsp3) is 0.227. The average Bonchev–Trinajstić information content (AvgIpc) is 3.00. The Kier molecular flexibility index (Phi) is 5.05. The zero-order chi connectivity index (χ0) is 19.7. The predicted molar refractivity (Wildman–Crippen MR) is 109 cm³/mol. The van der Waals surface area contributed by atoms with Gasteiger partial charge in [0.1, 0.15) is 6.61 Å². The highest BCUT2D eigenvalue weighted by Gasteiger charge is 2.46.